The summed E-state index contributed by atoms with van der Waals surface area (Å²) in [5, 5.41) is 19.5. The highest BCUT2D eigenvalue weighted by atomic mass is 16.4. The third-order valence-corrected chi connectivity index (χ3v) is 6.70. The van der Waals surface area contributed by atoms with Gasteiger partial charge in [-0.3, -0.25) is 9.59 Å². The van der Waals surface area contributed by atoms with Gasteiger partial charge in [-0.05, 0) is 42.9 Å². The topological polar surface area (TPSA) is 74.6 Å². The summed E-state index contributed by atoms with van der Waals surface area (Å²) in [7, 11) is 0. The Morgan fingerprint density at radius 1 is 0.870 bits per heavy atom. The molecule has 0 spiro atoms. The number of carboxylic acid groups (broad SMARTS) is 2. The second kappa shape index (κ2) is 7.67. The second-order valence-electron chi connectivity index (χ2n) is 7.98. The normalized spacial score (nSPS) is 34.5. The molecule has 2 aliphatic rings. The molecule has 2 aliphatic carbocycles. The zero-order chi connectivity index (χ0) is 17.0. The Morgan fingerprint density at radius 3 is 1.65 bits per heavy atom. The van der Waals surface area contributed by atoms with Crippen molar-refractivity contribution < 1.29 is 19.8 Å². The molecule has 4 unspecified atom stereocenters. The van der Waals surface area contributed by atoms with E-state index in [4.69, 9.17) is 0 Å². The lowest BCUT2D eigenvalue weighted by molar-refractivity contribution is -0.167. The second-order valence-corrected chi connectivity index (χ2v) is 7.98. The Balaban J connectivity index is 2.40. The van der Waals surface area contributed by atoms with Gasteiger partial charge >= 0.3 is 11.9 Å². The quantitative estimate of drug-likeness (QED) is 0.750. The van der Waals surface area contributed by atoms with Crippen LogP contribution in [-0.4, -0.2) is 22.2 Å². The van der Waals surface area contributed by atoms with E-state index in [2.05, 4.69) is 13.8 Å². The predicted octanol–water partition coefficient (Wildman–Crippen LogP) is 4.57. The maximum atomic E-state index is 12.5. The zero-order valence-electron chi connectivity index (χ0n) is 14.6. The van der Waals surface area contributed by atoms with Crippen molar-refractivity contribution in [2.75, 3.05) is 0 Å². The van der Waals surface area contributed by atoms with Crippen molar-refractivity contribution in [2.45, 2.75) is 78.1 Å². The fraction of sp³-hybridized carbons (Fsp3) is 0.895. The van der Waals surface area contributed by atoms with E-state index >= 15 is 0 Å². The molecule has 4 heteroatoms. The van der Waals surface area contributed by atoms with Crippen molar-refractivity contribution in [1.82, 2.24) is 0 Å². The van der Waals surface area contributed by atoms with Gasteiger partial charge in [0.25, 0.3) is 0 Å². The number of carboxylic acids is 2. The van der Waals surface area contributed by atoms with E-state index < -0.39 is 17.4 Å². The summed E-state index contributed by atoms with van der Waals surface area (Å²) in [6.07, 6.45) is 8.81. The average Bonchev–Trinajstić information content (AvgIpc) is 2.50. The van der Waals surface area contributed by atoms with Crippen LogP contribution in [-0.2, 0) is 9.59 Å². The maximum Gasteiger partial charge on any atom is 0.310 e. The lowest BCUT2D eigenvalue weighted by atomic mass is 9.52. The summed E-state index contributed by atoms with van der Waals surface area (Å²) in [5.41, 5.74) is -0.849. The highest BCUT2D eigenvalue weighted by Crippen LogP contribution is 2.55. The van der Waals surface area contributed by atoms with Gasteiger partial charge in [0.2, 0.25) is 0 Å². The number of hydrogen-bond acceptors (Lipinski definition) is 2. The molecule has 2 saturated carbocycles. The molecule has 0 radical (unpaired) electrons. The third kappa shape index (κ3) is 3.72. The minimum atomic E-state index is -0.873. The van der Waals surface area contributed by atoms with E-state index in [-0.39, 0.29) is 18.3 Å². The van der Waals surface area contributed by atoms with E-state index in [1.165, 1.54) is 12.8 Å². The van der Waals surface area contributed by atoms with Crippen LogP contribution in [0.25, 0.3) is 0 Å². The Kier molecular flexibility index (Phi) is 6.10. The summed E-state index contributed by atoms with van der Waals surface area (Å²) in [6, 6.07) is 0. The summed E-state index contributed by atoms with van der Waals surface area (Å²) in [6.45, 7) is 4.35. The first kappa shape index (κ1) is 18.3. The first-order chi connectivity index (χ1) is 10.9. The maximum absolute atomic E-state index is 12.5. The zero-order valence-corrected chi connectivity index (χ0v) is 14.6. The minimum Gasteiger partial charge on any atom is -0.481 e. The van der Waals surface area contributed by atoms with Gasteiger partial charge in [0, 0.05) is 6.42 Å². The smallest absolute Gasteiger partial charge is 0.310 e. The summed E-state index contributed by atoms with van der Waals surface area (Å²) < 4.78 is 0. The SMILES string of the molecule is CC1CCCCC1C(CCC(=O)O)(C(=O)O)C1CCCCC1C. The molecule has 0 saturated heterocycles. The molecular weight excluding hydrogens is 292 g/mol. The molecule has 0 aromatic carbocycles. The Hall–Kier alpha value is -1.06. The van der Waals surface area contributed by atoms with Crippen molar-refractivity contribution >= 4 is 11.9 Å². The lowest BCUT2D eigenvalue weighted by Gasteiger charge is -2.50. The average molecular weight is 324 g/mol. The first-order valence-electron chi connectivity index (χ1n) is 9.34. The highest BCUT2D eigenvalue weighted by Gasteiger charge is 2.54. The van der Waals surface area contributed by atoms with E-state index in [0.717, 1.165) is 38.5 Å². The molecule has 23 heavy (non-hydrogen) atoms. The largest absolute Gasteiger partial charge is 0.481 e. The van der Waals surface area contributed by atoms with Gasteiger partial charge in [-0.15, -0.1) is 0 Å². The van der Waals surface area contributed by atoms with Gasteiger partial charge in [-0.1, -0.05) is 52.4 Å². The number of rotatable bonds is 6. The predicted molar refractivity (Wildman–Crippen MR) is 89.2 cm³/mol. The molecule has 0 aromatic heterocycles. The molecule has 4 nitrogen and oxygen atoms in total. The van der Waals surface area contributed by atoms with Crippen LogP contribution in [0.3, 0.4) is 0 Å². The van der Waals surface area contributed by atoms with Gasteiger partial charge in [-0.2, -0.15) is 0 Å². The van der Waals surface area contributed by atoms with E-state index in [9.17, 15) is 19.8 Å². The van der Waals surface area contributed by atoms with Crippen molar-refractivity contribution in [3.05, 3.63) is 0 Å². The molecule has 0 aliphatic heterocycles. The fourth-order valence-corrected chi connectivity index (χ4v) is 5.55. The van der Waals surface area contributed by atoms with Crippen LogP contribution in [0.1, 0.15) is 78.1 Å². The van der Waals surface area contributed by atoms with E-state index in [0.29, 0.717) is 18.3 Å². The first-order valence-corrected chi connectivity index (χ1v) is 9.34. The third-order valence-electron chi connectivity index (χ3n) is 6.70. The number of carbonyl (C=O) groups is 2. The van der Waals surface area contributed by atoms with Gasteiger partial charge in [-0.25, -0.2) is 0 Å². The lowest BCUT2D eigenvalue weighted by Crippen LogP contribution is -2.51. The molecule has 132 valence electrons. The fourth-order valence-electron chi connectivity index (χ4n) is 5.55. The van der Waals surface area contributed by atoms with Crippen LogP contribution in [0.5, 0.6) is 0 Å². The van der Waals surface area contributed by atoms with Crippen LogP contribution in [0.2, 0.25) is 0 Å². The molecule has 4 atom stereocenters. The Morgan fingerprint density at radius 2 is 1.30 bits per heavy atom. The molecule has 0 bridgehead atoms. The van der Waals surface area contributed by atoms with Gasteiger partial charge in [0.05, 0.1) is 5.41 Å². The molecule has 0 aromatic rings. The van der Waals surface area contributed by atoms with Gasteiger partial charge < -0.3 is 10.2 Å². The highest BCUT2D eigenvalue weighted by molar-refractivity contribution is 5.77. The van der Waals surface area contributed by atoms with Crippen molar-refractivity contribution in [2.24, 2.45) is 29.1 Å². The molecule has 2 rings (SSSR count). The van der Waals surface area contributed by atoms with Crippen LogP contribution in [0, 0.1) is 29.1 Å². The molecular formula is C19H32O4. The molecule has 0 amide bonds. The summed E-state index contributed by atoms with van der Waals surface area (Å²) >= 11 is 0. The van der Waals surface area contributed by atoms with Gasteiger partial charge in [0.15, 0.2) is 0 Å². The molecule has 2 fully saturated rings. The van der Waals surface area contributed by atoms with Crippen molar-refractivity contribution in [1.29, 1.82) is 0 Å². The summed E-state index contributed by atoms with van der Waals surface area (Å²) in [4.78, 5) is 23.7. The van der Waals surface area contributed by atoms with Crippen LogP contribution in [0.15, 0.2) is 0 Å². The number of aliphatic carboxylic acids is 2. The van der Waals surface area contributed by atoms with Crippen LogP contribution < -0.4 is 0 Å². The van der Waals surface area contributed by atoms with Crippen LogP contribution in [0.4, 0.5) is 0 Å². The van der Waals surface area contributed by atoms with Gasteiger partial charge in [0.1, 0.15) is 0 Å². The minimum absolute atomic E-state index is 0.0290. The Bertz CT molecular complexity index is 409. The molecule has 0 heterocycles. The van der Waals surface area contributed by atoms with E-state index in [1.54, 1.807) is 0 Å². The summed E-state index contributed by atoms with van der Waals surface area (Å²) in [5.74, 6) is -0.610. The number of hydrogen-bond donors (Lipinski definition) is 2. The van der Waals surface area contributed by atoms with Crippen molar-refractivity contribution in [3.8, 4) is 0 Å². The standard InChI is InChI=1S/C19H32O4/c1-13-7-3-5-9-15(13)19(18(22)23,12-11-17(20)21)16-10-6-4-8-14(16)2/h13-16H,3-12H2,1-2H3,(H,20,21)(H,22,23). The van der Waals surface area contributed by atoms with Crippen LogP contribution >= 0.6 is 0 Å². The monoisotopic (exact) mass is 324 g/mol. The van der Waals surface area contributed by atoms with E-state index in [1.807, 2.05) is 0 Å². The Labute approximate surface area is 139 Å². The van der Waals surface area contributed by atoms with Crippen molar-refractivity contribution in [3.63, 3.8) is 0 Å². The molecule has 2 N–H and O–H groups in total.